The zero-order chi connectivity index (χ0) is 24.4. The number of carbonyl (C=O) groups excluding carboxylic acids is 2. The molecule has 2 aliphatic rings. The van der Waals surface area contributed by atoms with Gasteiger partial charge in [0.05, 0.1) is 31.5 Å². The van der Waals surface area contributed by atoms with Gasteiger partial charge in [-0.3, -0.25) is 4.79 Å². The highest BCUT2D eigenvalue weighted by atomic mass is 16.6. The number of aliphatic hydroxyl groups excluding tert-OH is 1. The van der Waals surface area contributed by atoms with Gasteiger partial charge in [-0.1, -0.05) is 24.8 Å². The number of anilines is 1. The molecule has 2 N–H and O–H groups in total. The molecule has 34 heavy (non-hydrogen) atoms. The lowest BCUT2D eigenvalue weighted by atomic mass is 9.84. The molecular weight excluding hydrogens is 440 g/mol. The van der Waals surface area contributed by atoms with E-state index in [-0.39, 0.29) is 41.2 Å². The van der Waals surface area contributed by atoms with Crippen LogP contribution in [0.5, 0.6) is 17.2 Å². The van der Waals surface area contributed by atoms with Crippen molar-refractivity contribution < 1.29 is 34.0 Å². The Bertz CT molecular complexity index is 1090. The molecule has 4 rings (SSSR count). The predicted octanol–water partition coefficient (Wildman–Crippen LogP) is 3.26. The van der Waals surface area contributed by atoms with Crippen molar-refractivity contribution in [2.75, 3.05) is 32.3 Å². The smallest absolute Gasteiger partial charge is 0.416 e. The average Bonchev–Trinajstić information content (AvgIpc) is 2.94. The Balaban J connectivity index is 1.74. The van der Waals surface area contributed by atoms with Crippen LogP contribution >= 0.6 is 0 Å². The van der Waals surface area contributed by atoms with Gasteiger partial charge in [0, 0.05) is 12.6 Å². The van der Waals surface area contributed by atoms with Crippen LogP contribution in [0.4, 0.5) is 10.5 Å². The number of hydrogen-bond donors (Lipinski definition) is 2. The van der Waals surface area contributed by atoms with Crippen molar-refractivity contribution in [1.29, 1.82) is 0 Å². The van der Waals surface area contributed by atoms with E-state index in [0.29, 0.717) is 19.4 Å². The van der Waals surface area contributed by atoms with Crippen molar-refractivity contribution in [2.24, 2.45) is 0 Å². The Morgan fingerprint density at radius 1 is 1.21 bits per heavy atom. The molecule has 3 atom stereocenters. The third kappa shape index (κ3) is 4.14. The molecular formula is C25H28N2O7. The topological polar surface area (TPSA) is 109 Å². The monoisotopic (exact) mass is 468 g/mol. The number of carbonyl (C=O) groups is 2. The Morgan fingerprint density at radius 2 is 1.94 bits per heavy atom. The Morgan fingerprint density at radius 3 is 2.59 bits per heavy atom. The van der Waals surface area contributed by atoms with Crippen LogP contribution in [0.15, 0.2) is 49.1 Å². The van der Waals surface area contributed by atoms with Gasteiger partial charge in [0.15, 0.2) is 17.7 Å². The Labute approximate surface area is 197 Å². The van der Waals surface area contributed by atoms with Crippen LogP contribution in [0.2, 0.25) is 0 Å². The first-order chi connectivity index (χ1) is 16.4. The fourth-order valence-electron chi connectivity index (χ4n) is 4.68. The molecule has 2 unspecified atom stereocenters. The van der Waals surface area contributed by atoms with E-state index in [1.165, 1.54) is 25.3 Å². The summed E-state index contributed by atoms with van der Waals surface area (Å²) in [5, 5.41) is 21.8. The van der Waals surface area contributed by atoms with Gasteiger partial charge >= 0.3 is 6.09 Å². The normalized spacial score (nSPS) is 21.7. The minimum Gasteiger partial charge on any atom is -0.504 e. The van der Waals surface area contributed by atoms with Gasteiger partial charge in [0.25, 0.3) is 5.91 Å². The lowest BCUT2D eigenvalue weighted by Gasteiger charge is -2.42. The molecule has 2 heterocycles. The van der Waals surface area contributed by atoms with Gasteiger partial charge in [-0.05, 0) is 42.5 Å². The number of phenolic OH excluding ortho intramolecular Hbond substituents is 1. The van der Waals surface area contributed by atoms with Crippen molar-refractivity contribution in [3.8, 4) is 17.2 Å². The number of fused-ring (bicyclic) bond motifs is 2. The number of rotatable bonds is 5. The summed E-state index contributed by atoms with van der Waals surface area (Å²) in [7, 11) is 2.97. The number of nitrogens with zero attached hydrogens (tertiary/aromatic N) is 2. The zero-order valence-electron chi connectivity index (χ0n) is 19.1. The van der Waals surface area contributed by atoms with Crippen molar-refractivity contribution in [1.82, 2.24) is 4.90 Å². The third-order valence-corrected chi connectivity index (χ3v) is 6.41. The fraction of sp³-hybridized carbons (Fsp3) is 0.360. The zero-order valence-corrected chi connectivity index (χ0v) is 19.1. The summed E-state index contributed by atoms with van der Waals surface area (Å²) in [6.07, 6.45) is 0.288. The van der Waals surface area contributed by atoms with Crippen LogP contribution in [0, 0.1) is 0 Å². The highest BCUT2D eigenvalue weighted by molar-refractivity contribution is 6.05. The van der Waals surface area contributed by atoms with Crippen molar-refractivity contribution in [3.05, 3.63) is 60.2 Å². The second-order valence-corrected chi connectivity index (χ2v) is 8.25. The lowest BCUT2D eigenvalue weighted by molar-refractivity contribution is 0.0193. The lowest BCUT2D eigenvalue weighted by Crippen LogP contribution is -2.56. The molecule has 0 aliphatic carbocycles. The molecule has 0 saturated carbocycles. The molecule has 1 saturated heterocycles. The van der Waals surface area contributed by atoms with E-state index in [1.807, 2.05) is 24.3 Å². The van der Waals surface area contributed by atoms with Crippen molar-refractivity contribution >= 4 is 17.7 Å². The predicted molar refractivity (Wildman–Crippen MR) is 124 cm³/mol. The molecule has 0 radical (unpaired) electrons. The molecule has 180 valence electrons. The first-order valence-corrected chi connectivity index (χ1v) is 11.0. The summed E-state index contributed by atoms with van der Waals surface area (Å²) in [5.41, 5.74) is 1.25. The number of phenols is 1. The number of benzene rings is 2. The van der Waals surface area contributed by atoms with Gasteiger partial charge in [-0.2, -0.15) is 0 Å². The summed E-state index contributed by atoms with van der Waals surface area (Å²) in [5.74, 6) is 0.270. The summed E-state index contributed by atoms with van der Waals surface area (Å²) >= 11 is 0. The van der Waals surface area contributed by atoms with Crippen LogP contribution in [0.3, 0.4) is 0 Å². The van der Waals surface area contributed by atoms with Crippen LogP contribution in [0.25, 0.3) is 0 Å². The van der Waals surface area contributed by atoms with E-state index in [0.717, 1.165) is 16.2 Å². The Kier molecular flexibility index (Phi) is 6.65. The fourth-order valence-corrected chi connectivity index (χ4v) is 4.68. The van der Waals surface area contributed by atoms with E-state index in [9.17, 15) is 19.8 Å². The van der Waals surface area contributed by atoms with Crippen molar-refractivity contribution in [2.45, 2.75) is 31.0 Å². The number of piperidine rings is 1. The van der Waals surface area contributed by atoms with Crippen LogP contribution in [-0.4, -0.2) is 66.8 Å². The quantitative estimate of drug-likeness (QED) is 0.649. The van der Waals surface area contributed by atoms with Gasteiger partial charge in [0.2, 0.25) is 0 Å². The molecule has 0 aromatic heterocycles. The van der Waals surface area contributed by atoms with E-state index in [2.05, 4.69) is 6.58 Å². The summed E-state index contributed by atoms with van der Waals surface area (Å²) in [4.78, 5) is 29.2. The second kappa shape index (κ2) is 9.64. The molecule has 2 amide bonds. The molecule has 0 bridgehead atoms. The molecule has 9 heteroatoms. The summed E-state index contributed by atoms with van der Waals surface area (Å²) < 4.78 is 15.6. The number of aliphatic hydroxyl groups is 1. The van der Waals surface area contributed by atoms with Gasteiger partial charge in [0.1, 0.15) is 12.4 Å². The van der Waals surface area contributed by atoms with Crippen LogP contribution < -0.4 is 14.4 Å². The van der Waals surface area contributed by atoms with Crippen molar-refractivity contribution in [3.63, 3.8) is 0 Å². The van der Waals surface area contributed by atoms with Crippen LogP contribution in [0.1, 0.15) is 34.7 Å². The number of amides is 2. The maximum atomic E-state index is 13.6. The maximum absolute atomic E-state index is 13.6. The van der Waals surface area contributed by atoms with E-state index in [4.69, 9.17) is 14.2 Å². The first-order valence-electron chi connectivity index (χ1n) is 11.0. The third-order valence-electron chi connectivity index (χ3n) is 6.41. The van der Waals surface area contributed by atoms with E-state index in [1.54, 1.807) is 12.0 Å². The number of aromatic hydroxyl groups is 1. The minimum atomic E-state index is -1.39. The highest BCUT2D eigenvalue weighted by Gasteiger charge is 2.46. The van der Waals surface area contributed by atoms with E-state index < -0.39 is 18.4 Å². The summed E-state index contributed by atoms with van der Waals surface area (Å²) in [6, 6.07) is 9.62. The molecule has 9 nitrogen and oxygen atoms in total. The SMILES string of the molecule is C=CCOC(=O)N1c2cc(O)c(OC)cc2C(=O)N2CCC(c3ccc(OC)cc3)C[C@H]2C1O. The highest BCUT2D eigenvalue weighted by Crippen LogP contribution is 2.42. The molecule has 2 aromatic rings. The molecule has 2 aromatic carbocycles. The number of ether oxygens (including phenoxy) is 3. The number of methoxy groups -OCH3 is 2. The largest absolute Gasteiger partial charge is 0.504 e. The molecule has 2 aliphatic heterocycles. The molecule has 1 fully saturated rings. The van der Waals surface area contributed by atoms with Crippen LogP contribution in [-0.2, 0) is 4.74 Å². The average molecular weight is 469 g/mol. The minimum absolute atomic E-state index is 0.0558. The number of hydrogen-bond acceptors (Lipinski definition) is 7. The second-order valence-electron chi connectivity index (χ2n) is 8.25. The first kappa shape index (κ1) is 23.4. The summed E-state index contributed by atoms with van der Waals surface area (Å²) in [6.45, 7) is 3.86. The standard InChI is InChI=1S/C25H28N2O7/c1-4-11-34-25(31)27-19-14-21(28)22(33-3)13-18(19)23(29)26-10-9-16(12-20(26)24(27)30)15-5-7-17(32-2)8-6-15/h4-8,13-14,16,20,24,28,30H,1,9-12H2,2-3H3/t16?,20-,24?/m0/s1. The van der Waals surface area contributed by atoms with Gasteiger partial charge in [-0.15, -0.1) is 0 Å². The molecule has 0 spiro atoms. The van der Waals surface area contributed by atoms with Gasteiger partial charge < -0.3 is 29.3 Å². The van der Waals surface area contributed by atoms with E-state index >= 15 is 0 Å². The van der Waals surface area contributed by atoms with Gasteiger partial charge in [-0.25, -0.2) is 9.69 Å². The Hall–Kier alpha value is -3.72. The maximum Gasteiger partial charge on any atom is 0.416 e.